The number of fused-ring (bicyclic) bond motifs is 1. The molecular weight excluding hydrogens is 212 g/mol. The molecule has 0 bridgehead atoms. The predicted octanol–water partition coefficient (Wildman–Crippen LogP) is 1.34. The van der Waals surface area contributed by atoms with E-state index in [0.717, 1.165) is 25.8 Å². The maximum Gasteiger partial charge on any atom is 0.220 e. The van der Waals surface area contributed by atoms with Crippen LogP contribution in [-0.2, 0) is 24.2 Å². The molecule has 0 radical (unpaired) electrons. The molecule has 1 unspecified atom stereocenters. The number of carbonyl (C=O) groups excluding carboxylic acids is 1. The van der Waals surface area contributed by atoms with Gasteiger partial charge in [-0.3, -0.25) is 4.79 Å². The molecule has 2 rings (SSSR count). The molecule has 0 spiro atoms. The van der Waals surface area contributed by atoms with Crippen molar-refractivity contribution in [2.24, 2.45) is 11.7 Å². The van der Waals surface area contributed by atoms with E-state index in [1.165, 1.54) is 16.7 Å². The Balaban J connectivity index is 2.16. The van der Waals surface area contributed by atoms with Crippen LogP contribution >= 0.6 is 0 Å². The van der Waals surface area contributed by atoms with Gasteiger partial charge in [0.05, 0.1) is 0 Å². The van der Waals surface area contributed by atoms with E-state index in [-0.39, 0.29) is 11.8 Å². The molecule has 3 nitrogen and oxygen atoms in total. The third-order valence-electron chi connectivity index (χ3n) is 3.40. The van der Waals surface area contributed by atoms with Crippen molar-refractivity contribution in [3.8, 4) is 0 Å². The van der Waals surface area contributed by atoms with Gasteiger partial charge < -0.3 is 10.6 Å². The van der Waals surface area contributed by atoms with Crippen LogP contribution < -0.4 is 5.73 Å². The summed E-state index contributed by atoms with van der Waals surface area (Å²) in [5, 5.41) is 0. The maximum atomic E-state index is 11.2. The van der Waals surface area contributed by atoms with Crippen LogP contribution in [0, 0.1) is 5.92 Å². The Morgan fingerprint density at radius 3 is 2.82 bits per heavy atom. The van der Waals surface area contributed by atoms with Crippen LogP contribution in [0.15, 0.2) is 18.2 Å². The standard InChI is InChI=1S/C14H20N2O/c1-16(2)9-10-3-4-12-8-13(14(15)17)6-5-11(12)7-10/h3-4,7,13H,5-6,8-9H2,1-2H3,(H2,15,17). The van der Waals surface area contributed by atoms with Crippen LogP contribution in [0.1, 0.15) is 23.1 Å². The number of benzene rings is 1. The largest absolute Gasteiger partial charge is 0.369 e. The number of primary amides is 1. The van der Waals surface area contributed by atoms with Crippen LogP contribution in [0.3, 0.4) is 0 Å². The fourth-order valence-electron chi connectivity index (χ4n) is 2.51. The lowest BCUT2D eigenvalue weighted by Gasteiger charge is -2.23. The van der Waals surface area contributed by atoms with Crippen molar-refractivity contribution < 1.29 is 4.79 Å². The molecular formula is C14H20N2O. The van der Waals surface area contributed by atoms with Gasteiger partial charge in [-0.2, -0.15) is 0 Å². The summed E-state index contributed by atoms with van der Waals surface area (Å²) in [6.45, 7) is 0.965. The third kappa shape index (κ3) is 2.86. The lowest BCUT2D eigenvalue weighted by Crippen LogP contribution is -2.28. The lowest BCUT2D eigenvalue weighted by molar-refractivity contribution is -0.122. The van der Waals surface area contributed by atoms with Gasteiger partial charge in [0.2, 0.25) is 5.91 Å². The highest BCUT2D eigenvalue weighted by Crippen LogP contribution is 2.26. The van der Waals surface area contributed by atoms with E-state index in [9.17, 15) is 4.79 Å². The molecule has 1 aliphatic rings. The van der Waals surface area contributed by atoms with E-state index in [1.807, 2.05) is 0 Å². The smallest absolute Gasteiger partial charge is 0.220 e. The molecule has 3 heteroatoms. The molecule has 0 saturated heterocycles. The number of carbonyl (C=O) groups is 1. The summed E-state index contributed by atoms with van der Waals surface area (Å²) in [6, 6.07) is 6.58. The third-order valence-corrected chi connectivity index (χ3v) is 3.40. The highest BCUT2D eigenvalue weighted by Gasteiger charge is 2.22. The van der Waals surface area contributed by atoms with Crippen molar-refractivity contribution in [1.29, 1.82) is 0 Å². The number of amides is 1. The molecule has 2 N–H and O–H groups in total. The first-order valence-corrected chi connectivity index (χ1v) is 6.11. The molecule has 0 heterocycles. The summed E-state index contributed by atoms with van der Waals surface area (Å²) in [5.74, 6) is -0.129. The van der Waals surface area contributed by atoms with E-state index >= 15 is 0 Å². The van der Waals surface area contributed by atoms with Gasteiger partial charge in [-0.25, -0.2) is 0 Å². The van der Waals surface area contributed by atoms with Gasteiger partial charge in [0, 0.05) is 12.5 Å². The van der Waals surface area contributed by atoms with E-state index in [0.29, 0.717) is 0 Å². The normalized spacial score (nSPS) is 19.1. The van der Waals surface area contributed by atoms with Crippen LogP contribution in [-0.4, -0.2) is 24.9 Å². The number of nitrogens with two attached hydrogens (primary N) is 1. The summed E-state index contributed by atoms with van der Waals surface area (Å²) in [5.41, 5.74) is 9.40. The molecule has 17 heavy (non-hydrogen) atoms. The molecule has 0 aliphatic heterocycles. The highest BCUT2D eigenvalue weighted by molar-refractivity contribution is 5.77. The van der Waals surface area contributed by atoms with Gasteiger partial charge in [-0.05, 0) is 50.0 Å². The molecule has 1 aliphatic carbocycles. The topological polar surface area (TPSA) is 46.3 Å². The van der Waals surface area contributed by atoms with Crippen molar-refractivity contribution in [3.05, 3.63) is 34.9 Å². The van der Waals surface area contributed by atoms with E-state index in [1.54, 1.807) is 0 Å². The fourth-order valence-corrected chi connectivity index (χ4v) is 2.51. The fraction of sp³-hybridized carbons (Fsp3) is 0.500. The van der Waals surface area contributed by atoms with E-state index < -0.39 is 0 Å². The molecule has 0 aromatic heterocycles. The van der Waals surface area contributed by atoms with Gasteiger partial charge in [-0.15, -0.1) is 0 Å². The van der Waals surface area contributed by atoms with Gasteiger partial charge in [0.1, 0.15) is 0 Å². The Labute approximate surface area is 103 Å². The van der Waals surface area contributed by atoms with Crippen molar-refractivity contribution in [2.45, 2.75) is 25.8 Å². The Morgan fingerprint density at radius 2 is 2.18 bits per heavy atom. The SMILES string of the molecule is CN(C)Cc1ccc2c(c1)CCC(C(N)=O)C2. The monoisotopic (exact) mass is 232 g/mol. The number of aryl methyl sites for hydroxylation is 1. The van der Waals surface area contributed by atoms with Gasteiger partial charge >= 0.3 is 0 Å². The second kappa shape index (κ2) is 4.88. The Morgan fingerprint density at radius 1 is 1.41 bits per heavy atom. The number of rotatable bonds is 3. The molecule has 1 amide bonds. The molecule has 1 atom stereocenters. The van der Waals surface area contributed by atoms with Crippen LogP contribution in [0.5, 0.6) is 0 Å². The van der Waals surface area contributed by atoms with Crippen LogP contribution in [0.25, 0.3) is 0 Å². The second-order valence-electron chi connectivity index (χ2n) is 5.18. The van der Waals surface area contributed by atoms with Gasteiger partial charge in [0.25, 0.3) is 0 Å². The average molecular weight is 232 g/mol. The van der Waals surface area contributed by atoms with Crippen LogP contribution in [0.2, 0.25) is 0 Å². The van der Waals surface area contributed by atoms with Gasteiger partial charge in [-0.1, -0.05) is 18.2 Å². The Kier molecular flexibility index (Phi) is 3.48. The zero-order valence-electron chi connectivity index (χ0n) is 10.6. The Bertz CT molecular complexity index is 426. The first-order chi connectivity index (χ1) is 8.06. The first-order valence-electron chi connectivity index (χ1n) is 6.11. The van der Waals surface area contributed by atoms with E-state index in [4.69, 9.17) is 5.73 Å². The lowest BCUT2D eigenvalue weighted by atomic mass is 9.83. The van der Waals surface area contributed by atoms with Gasteiger partial charge in [0.15, 0.2) is 0 Å². The minimum Gasteiger partial charge on any atom is -0.369 e. The maximum absolute atomic E-state index is 11.2. The summed E-state index contributed by atoms with van der Waals surface area (Å²) >= 11 is 0. The minimum atomic E-state index is -0.159. The highest BCUT2D eigenvalue weighted by atomic mass is 16.1. The van der Waals surface area contributed by atoms with Crippen molar-refractivity contribution in [3.63, 3.8) is 0 Å². The number of hydrogen-bond donors (Lipinski definition) is 1. The van der Waals surface area contributed by atoms with Crippen molar-refractivity contribution in [1.82, 2.24) is 4.90 Å². The van der Waals surface area contributed by atoms with Crippen molar-refractivity contribution >= 4 is 5.91 Å². The predicted molar refractivity (Wildman–Crippen MR) is 68.5 cm³/mol. The number of nitrogens with zero attached hydrogens (tertiary/aromatic N) is 1. The quantitative estimate of drug-likeness (QED) is 0.854. The summed E-state index contributed by atoms with van der Waals surface area (Å²) in [4.78, 5) is 13.4. The zero-order valence-corrected chi connectivity index (χ0v) is 10.6. The first kappa shape index (κ1) is 12.1. The van der Waals surface area contributed by atoms with E-state index in [2.05, 4.69) is 37.2 Å². The minimum absolute atomic E-state index is 0.0298. The second-order valence-corrected chi connectivity index (χ2v) is 5.18. The number of hydrogen-bond acceptors (Lipinski definition) is 2. The summed E-state index contributed by atoms with van der Waals surface area (Å²) < 4.78 is 0. The molecule has 0 fully saturated rings. The summed E-state index contributed by atoms with van der Waals surface area (Å²) in [7, 11) is 4.14. The Hall–Kier alpha value is -1.35. The van der Waals surface area contributed by atoms with Crippen LogP contribution in [0.4, 0.5) is 0 Å². The molecule has 1 aromatic rings. The average Bonchev–Trinajstić information content (AvgIpc) is 2.27. The molecule has 1 aromatic carbocycles. The molecule has 92 valence electrons. The molecule has 0 saturated carbocycles. The van der Waals surface area contributed by atoms with Crippen molar-refractivity contribution in [2.75, 3.05) is 14.1 Å². The summed E-state index contributed by atoms with van der Waals surface area (Å²) in [6.07, 6.45) is 2.69. The zero-order chi connectivity index (χ0) is 12.4.